The molecule has 0 spiro atoms. The van der Waals surface area contributed by atoms with Crippen LogP contribution in [0, 0.1) is 6.92 Å². The molecular formula is C21H25N3O4. The van der Waals surface area contributed by atoms with E-state index in [1.54, 1.807) is 0 Å². The lowest BCUT2D eigenvalue weighted by molar-refractivity contribution is -0.159. The van der Waals surface area contributed by atoms with Gasteiger partial charge in [-0.05, 0) is 39.6 Å². The molecule has 0 aliphatic carbocycles. The van der Waals surface area contributed by atoms with Gasteiger partial charge in [-0.2, -0.15) is 5.10 Å². The van der Waals surface area contributed by atoms with Crippen LogP contribution in [-0.2, 0) is 9.59 Å². The highest BCUT2D eigenvalue weighted by Gasteiger charge is 2.19. The van der Waals surface area contributed by atoms with E-state index in [2.05, 4.69) is 80.0 Å². The number of hydrogen-bond donors (Lipinski definition) is 2. The van der Waals surface area contributed by atoms with Gasteiger partial charge < -0.3 is 10.2 Å². The van der Waals surface area contributed by atoms with Gasteiger partial charge in [-0.25, -0.2) is 14.3 Å². The van der Waals surface area contributed by atoms with E-state index < -0.39 is 11.9 Å². The molecule has 0 saturated heterocycles. The fourth-order valence-electron chi connectivity index (χ4n) is 3.05. The smallest absolute Gasteiger partial charge is 0.414 e. The summed E-state index contributed by atoms with van der Waals surface area (Å²) < 4.78 is 2.16. The molecule has 7 nitrogen and oxygen atoms in total. The van der Waals surface area contributed by atoms with Gasteiger partial charge in [-0.3, -0.25) is 4.90 Å². The first-order chi connectivity index (χ1) is 13.3. The third-order valence-corrected chi connectivity index (χ3v) is 4.34. The molecule has 1 atom stereocenters. The van der Waals surface area contributed by atoms with Crippen LogP contribution < -0.4 is 0 Å². The first-order valence-electron chi connectivity index (χ1n) is 8.93. The number of nitrogens with zero attached hydrogens (tertiary/aromatic N) is 3. The first kappa shape index (κ1) is 21.1. The number of carboxylic acid groups (broad SMARTS) is 2. The van der Waals surface area contributed by atoms with Crippen LogP contribution in [0.5, 0.6) is 0 Å². The molecule has 3 aromatic rings. The summed E-state index contributed by atoms with van der Waals surface area (Å²) >= 11 is 0. The maximum absolute atomic E-state index is 9.10. The van der Waals surface area contributed by atoms with Crippen LogP contribution in [0.25, 0.3) is 22.2 Å². The molecule has 2 N–H and O–H groups in total. The van der Waals surface area contributed by atoms with Crippen molar-refractivity contribution >= 4 is 22.8 Å². The van der Waals surface area contributed by atoms with Crippen molar-refractivity contribution in [2.75, 3.05) is 14.1 Å². The number of hydrogen-bond acceptors (Lipinski definition) is 4. The Labute approximate surface area is 163 Å². The van der Waals surface area contributed by atoms with Crippen molar-refractivity contribution in [3.63, 3.8) is 0 Å². The van der Waals surface area contributed by atoms with Crippen molar-refractivity contribution in [2.24, 2.45) is 0 Å². The first-order valence-corrected chi connectivity index (χ1v) is 8.93. The Morgan fingerprint density at radius 1 is 1.07 bits per heavy atom. The molecule has 0 aliphatic rings. The predicted molar refractivity (Wildman–Crippen MR) is 108 cm³/mol. The minimum Gasteiger partial charge on any atom is -0.473 e. The van der Waals surface area contributed by atoms with E-state index >= 15 is 0 Å². The number of carbonyl (C=O) groups is 2. The quantitative estimate of drug-likeness (QED) is 0.668. The molecule has 1 aromatic heterocycles. The zero-order valence-corrected chi connectivity index (χ0v) is 16.5. The molecule has 1 heterocycles. The van der Waals surface area contributed by atoms with E-state index in [1.807, 2.05) is 6.07 Å². The van der Waals surface area contributed by atoms with Crippen molar-refractivity contribution in [1.82, 2.24) is 14.7 Å². The minimum absolute atomic E-state index is 0.266. The number of rotatable bonds is 4. The van der Waals surface area contributed by atoms with Crippen molar-refractivity contribution in [1.29, 1.82) is 0 Å². The van der Waals surface area contributed by atoms with Gasteiger partial charge in [-0.1, -0.05) is 48.9 Å². The monoisotopic (exact) mass is 383 g/mol. The summed E-state index contributed by atoms with van der Waals surface area (Å²) in [5, 5.41) is 21.0. The van der Waals surface area contributed by atoms with Crippen molar-refractivity contribution in [3.8, 4) is 11.3 Å². The Hall–Kier alpha value is -3.19. The van der Waals surface area contributed by atoms with E-state index in [9.17, 15) is 0 Å². The van der Waals surface area contributed by atoms with Crippen LogP contribution in [0.15, 0.2) is 48.5 Å². The molecule has 28 heavy (non-hydrogen) atoms. The third-order valence-electron chi connectivity index (χ3n) is 4.34. The van der Waals surface area contributed by atoms with Crippen LogP contribution in [-0.4, -0.2) is 50.9 Å². The lowest BCUT2D eigenvalue weighted by Gasteiger charge is -2.24. The molecule has 0 fully saturated rings. The Balaban J connectivity index is 0.000000409. The second-order valence-corrected chi connectivity index (χ2v) is 6.64. The van der Waals surface area contributed by atoms with Gasteiger partial charge in [0.2, 0.25) is 0 Å². The highest BCUT2D eigenvalue weighted by molar-refractivity contribution is 6.27. The van der Waals surface area contributed by atoms with Crippen molar-refractivity contribution in [2.45, 2.75) is 26.4 Å². The Kier molecular flexibility index (Phi) is 6.89. The Morgan fingerprint density at radius 3 is 2.18 bits per heavy atom. The van der Waals surface area contributed by atoms with E-state index in [-0.39, 0.29) is 6.17 Å². The van der Waals surface area contributed by atoms with Gasteiger partial charge in [0, 0.05) is 10.9 Å². The van der Waals surface area contributed by atoms with Crippen LogP contribution >= 0.6 is 0 Å². The van der Waals surface area contributed by atoms with Crippen molar-refractivity contribution < 1.29 is 19.8 Å². The number of aliphatic carboxylic acids is 2. The average Bonchev–Trinajstić information content (AvgIpc) is 3.01. The largest absolute Gasteiger partial charge is 0.473 e. The molecule has 148 valence electrons. The van der Waals surface area contributed by atoms with Crippen LogP contribution in [0.3, 0.4) is 0 Å². The van der Waals surface area contributed by atoms with Gasteiger partial charge in [0.15, 0.2) is 0 Å². The molecule has 1 unspecified atom stereocenters. The molecule has 0 bridgehead atoms. The number of fused-ring (bicyclic) bond motifs is 1. The molecule has 2 aromatic carbocycles. The summed E-state index contributed by atoms with van der Waals surface area (Å²) in [6, 6.07) is 17.0. The predicted octanol–water partition coefficient (Wildman–Crippen LogP) is 3.64. The Morgan fingerprint density at radius 2 is 1.68 bits per heavy atom. The summed E-state index contributed by atoms with van der Waals surface area (Å²) in [5.74, 6) is -3.65. The number of aryl methyl sites for hydroxylation is 1. The van der Waals surface area contributed by atoms with Gasteiger partial charge in [0.25, 0.3) is 0 Å². The molecular weight excluding hydrogens is 358 g/mol. The maximum Gasteiger partial charge on any atom is 0.414 e. The second-order valence-electron chi connectivity index (χ2n) is 6.64. The fraction of sp³-hybridized carbons (Fsp3) is 0.286. The topological polar surface area (TPSA) is 95.7 Å². The van der Waals surface area contributed by atoms with E-state index in [1.165, 1.54) is 22.0 Å². The zero-order valence-electron chi connectivity index (χ0n) is 16.5. The summed E-state index contributed by atoms with van der Waals surface area (Å²) in [6.07, 6.45) is 1.29. The maximum atomic E-state index is 9.10. The van der Waals surface area contributed by atoms with Crippen LogP contribution in [0.1, 0.15) is 25.1 Å². The summed E-state index contributed by atoms with van der Waals surface area (Å²) in [4.78, 5) is 20.4. The van der Waals surface area contributed by atoms with E-state index in [0.717, 1.165) is 12.1 Å². The van der Waals surface area contributed by atoms with Gasteiger partial charge in [-0.15, -0.1) is 0 Å². The second kappa shape index (κ2) is 9.14. The summed E-state index contributed by atoms with van der Waals surface area (Å²) in [5.41, 5.74) is 4.71. The van der Waals surface area contributed by atoms with E-state index in [0.29, 0.717) is 0 Å². The van der Waals surface area contributed by atoms with Crippen molar-refractivity contribution in [3.05, 3.63) is 54.1 Å². The number of aromatic nitrogens is 2. The average molecular weight is 383 g/mol. The van der Waals surface area contributed by atoms with E-state index in [4.69, 9.17) is 24.9 Å². The minimum atomic E-state index is -1.82. The highest BCUT2D eigenvalue weighted by Crippen LogP contribution is 2.31. The highest BCUT2D eigenvalue weighted by atomic mass is 16.4. The van der Waals surface area contributed by atoms with Gasteiger partial charge >= 0.3 is 11.9 Å². The number of benzene rings is 2. The normalized spacial score (nSPS) is 11.8. The zero-order chi connectivity index (χ0) is 20.8. The van der Waals surface area contributed by atoms with Crippen LogP contribution in [0.2, 0.25) is 0 Å². The molecule has 7 heteroatoms. The molecule has 0 saturated carbocycles. The Bertz CT molecular complexity index is 952. The van der Waals surface area contributed by atoms with Gasteiger partial charge in [0.05, 0.1) is 5.52 Å². The number of carboxylic acids is 2. The third kappa shape index (κ3) is 4.75. The van der Waals surface area contributed by atoms with Crippen LogP contribution in [0.4, 0.5) is 0 Å². The summed E-state index contributed by atoms with van der Waals surface area (Å²) in [6.45, 7) is 4.34. The fourth-order valence-corrected chi connectivity index (χ4v) is 3.05. The molecule has 0 radical (unpaired) electrons. The summed E-state index contributed by atoms with van der Waals surface area (Å²) in [7, 11) is 4.22. The lowest BCUT2D eigenvalue weighted by atomic mass is 10.1. The molecule has 3 rings (SSSR count). The lowest BCUT2D eigenvalue weighted by Crippen LogP contribution is -2.25. The van der Waals surface area contributed by atoms with Gasteiger partial charge in [0.1, 0.15) is 11.9 Å². The SMILES string of the molecule is CCC(N(C)C)n1nc(-c2ccccc2)c2cc(C)ccc21.O=C(O)C(=O)O. The molecule has 0 amide bonds. The molecule has 0 aliphatic heterocycles. The standard InChI is InChI=1S/C19H23N3.C2H2O4/c1-5-18(21(3)4)22-17-12-11-14(2)13-16(17)19(20-22)15-9-7-6-8-10-15;3-1(4)2(5)6/h6-13,18H,5H2,1-4H3;(H,3,4)(H,5,6).